The Hall–Kier alpha value is -3.20. The molecule has 2 N–H and O–H groups in total. The second-order valence-corrected chi connectivity index (χ2v) is 7.20. The van der Waals surface area contributed by atoms with Crippen LogP contribution in [0.15, 0.2) is 36.5 Å². The Balaban J connectivity index is 1.64. The molecule has 3 rings (SSSR count). The van der Waals surface area contributed by atoms with Crippen molar-refractivity contribution < 1.29 is 23.5 Å². The molecule has 0 radical (unpaired) electrons. The lowest BCUT2D eigenvalue weighted by Gasteiger charge is -2.21. The highest BCUT2D eigenvalue weighted by atomic mass is 19.1. The Morgan fingerprint density at radius 3 is 2.67 bits per heavy atom. The summed E-state index contributed by atoms with van der Waals surface area (Å²) in [5.41, 5.74) is 1.60. The van der Waals surface area contributed by atoms with Gasteiger partial charge in [-0.3, -0.25) is 9.78 Å². The van der Waals surface area contributed by atoms with E-state index in [1.54, 1.807) is 24.1 Å². The van der Waals surface area contributed by atoms with Crippen LogP contribution in [0.5, 0.6) is 5.75 Å². The maximum atomic E-state index is 14.1. The van der Waals surface area contributed by atoms with Gasteiger partial charge >= 0.3 is 6.03 Å². The summed E-state index contributed by atoms with van der Waals surface area (Å²) >= 11 is 0. The van der Waals surface area contributed by atoms with E-state index in [-0.39, 0.29) is 29.5 Å². The average Bonchev–Trinajstić information content (AvgIpc) is 3.06. The first-order valence-electron chi connectivity index (χ1n) is 9.58. The van der Waals surface area contributed by atoms with Crippen LogP contribution < -0.4 is 15.4 Å². The number of anilines is 2. The summed E-state index contributed by atoms with van der Waals surface area (Å²) in [6.07, 6.45) is 1.82. The van der Waals surface area contributed by atoms with Gasteiger partial charge in [0.2, 0.25) is 5.91 Å². The number of methoxy groups -OCH3 is 1. The topological polar surface area (TPSA) is 92.8 Å². The number of nitrogens with zero attached hydrogens (tertiary/aromatic N) is 2. The van der Waals surface area contributed by atoms with E-state index in [1.807, 2.05) is 6.92 Å². The summed E-state index contributed by atoms with van der Waals surface area (Å²) in [7, 11) is 1.58. The number of pyridine rings is 1. The number of halogens is 1. The van der Waals surface area contributed by atoms with Crippen LogP contribution >= 0.6 is 0 Å². The number of aryl methyl sites for hydroxylation is 1. The van der Waals surface area contributed by atoms with Gasteiger partial charge < -0.3 is 25.0 Å². The number of carbonyl (C=O) groups is 2. The molecule has 3 amide bonds. The summed E-state index contributed by atoms with van der Waals surface area (Å²) in [6.45, 7) is 4.14. The van der Waals surface area contributed by atoms with E-state index in [0.29, 0.717) is 25.3 Å². The first-order chi connectivity index (χ1) is 14.3. The number of rotatable bonds is 6. The lowest BCUT2D eigenvalue weighted by Crippen LogP contribution is -2.36. The molecule has 30 heavy (non-hydrogen) atoms. The fourth-order valence-corrected chi connectivity index (χ4v) is 3.43. The van der Waals surface area contributed by atoms with E-state index < -0.39 is 11.8 Å². The summed E-state index contributed by atoms with van der Waals surface area (Å²) in [4.78, 5) is 29.8. The third-order valence-electron chi connectivity index (χ3n) is 4.74. The number of hydrogen-bond donors (Lipinski definition) is 2. The van der Waals surface area contributed by atoms with Crippen LogP contribution in [0.1, 0.15) is 19.0 Å². The van der Waals surface area contributed by atoms with Gasteiger partial charge in [0, 0.05) is 44.0 Å². The third kappa shape index (κ3) is 5.66. The Kier molecular flexibility index (Phi) is 6.83. The molecule has 160 valence electrons. The monoisotopic (exact) mass is 416 g/mol. The van der Waals surface area contributed by atoms with Gasteiger partial charge in [-0.2, -0.15) is 0 Å². The van der Waals surface area contributed by atoms with Gasteiger partial charge in [0.05, 0.1) is 31.1 Å². The zero-order chi connectivity index (χ0) is 21.7. The molecule has 0 aliphatic carbocycles. The van der Waals surface area contributed by atoms with Crippen LogP contribution in [-0.4, -0.2) is 54.2 Å². The highest BCUT2D eigenvalue weighted by molar-refractivity contribution is 5.99. The fourth-order valence-electron chi connectivity index (χ4n) is 3.43. The number of likely N-dealkylation sites (tertiary alicyclic amines) is 1. The molecule has 2 atom stereocenters. The highest BCUT2D eigenvalue weighted by Gasteiger charge is 2.35. The number of ether oxygens (including phenoxy) is 2. The van der Waals surface area contributed by atoms with Crippen LogP contribution in [0.2, 0.25) is 0 Å². The van der Waals surface area contributed by atoms with Gasteiger partial charge in [-0.05, 0) is 25.1 Å². The first kappa shape index (κ1) is 21.5. The molecule has 0 unspecified atom stereocenters. The van der Waals surface area contributed by atoms with E-state index in [9.17, 15) is 14.0 Å². The van der Waals surface area contributed by atoms with Crippen molar-refractivity contribution in [2.75, 3.05) is 30.9 Å². The molecule has 1 aromatic heterocycles. The van der Waals surface area contributed by atoms with Crippen LogP contribution in [0.25, 0.3) is 0 Å². The van der Waals surface area contributed by atoms with Crippen molar-refractivity contribution in [3.05, 3.63) is 48.0 Å². The Labute approximate surface area is 174 Å². The Bertz CT molecular complexity index is 906. The average molecular weight is 416 g/mol. The molecule has 1 fully saturated rings. The van der Waals surface area contributed by atoms with Crippen LogP contribution in [0.3, 0.4) is 0 Å². The van der Waals surface area contributed by atoms with Crippen molar-refractivity contribution in [1.29, 1.82) is 0 Å². The lowest BCUT2D eigenvalue weighted by molar-refractivity contribution is -0.130. The van der Waals surface area contributed by atoms with Crippen LogP contribution in [0.4, 0.5) is 20.6 Å². The van der Waals surface area contributed by atoms with E-state index >= 15 is 0 Å². The maximum Gasteiger partial charge on any atom is 0.323 e. The molecular formula is C21H25FN4O4. The van der Waals surface area contributed by atoms with Crippen molar-refractivity contribution in [2.24, 2.45) is 0 Å². The van der Waals surface area contributed by atoms with Gasteiger partial charge in [-0.1, -0.05) is 0 Å². The Morgan fingerprint density at radius 2 is 2.00 bits per heavy atom. The van der Waals surface area contributed by atoms with Crippen LogP contribution in [0, 0.1) is 12.7 Å². The number of benzene rings is 1. The lowest BCUT2D eigenvalue weighted by atomic mass is 10.2. The second kappa shape index (κ2) is 9.53. The molecule has 1 aliphatic heterocycles. The normalized spacial score (nSPS) is 18.2. The fraction of sp³-hybridized carbons (Fsp3) is 0.381. The SMILES string of the molecule is COC[C@H]1C[C@@H](Oc2cc(F)cc(NC(=O)Nc3ccc(C)nc3)c2)CN1C(C)=O. The van der Waals surface area contributed by atoms with E-state index in [4.69, 9.17) is 9.47 Å². The zero-order valence-electron chi connectivity index (χ0n) is 17.1. The molecular weight excluding hydrogens is 391 g/mol. The number of aromatic nitrogens is 1. The molecule has 1 aromatic carbocycles. The largest absolute Gasteiger partial charge is 0.488 e. The molecule has 1 aliphatic rings. The van der Waals surface area contributed by atoms with Crippen molar-refractivity contribution in [1.82, 2.24) is 9.88 Å². The summed E-state index contributed by atoms with van der Waals surface area (Å²) in [5.74, 6) is -0.337. The minimum Gasteiger partial charge on any atom is -0.488 e. The Morgan fingerprint density at radius 1 is 1.23 bits per heavy atom. The zero-order valence-corrected chi connectivity index (χ0v) is 17.1. The van der Waals surface area contributed by atoms with Crippen molar-refractivity contribution in [3.8, 4) is 5.75 Å². The predicted octanol–water partition coefficient (Wildman–Crippen LogP) is 3.19. The second-order valence-electron chi connectivity index (χ2n) is 7.20. The molecule has 0 spiro atoms. The third-order valence-corrected chi connectivity index (χ3v) is 4.74. The van der Waals surface area contributed by atoms with Gasteiger partial charge in [-0.15, -0.1) is 0 Å². The van der Waals surface area contributed by atoms with Crippen LogP contribution in [-0.2, 0) is 9.53 Å². The highest BCUT2D eigenvalue weighted by Crippen LogP contribution is 2.26. The standard InChI is InChI=1S/C21H25FN4O4/c1-13-4-5-16(10-23-13)24-21(28)25-17-6-15(22)7-19(8-17)30-20-9-18(12-29-3)26(11-20)14(2)27/h4-8,10,18,20H,9,11-12H2,1-3H3,(H2,24,25,28)/t18-,20-/m1/s1. The van der Waals surface area contributed by atoms with E-state index in [0.717, 1.165) is 5.69 Å². The molecule has 1 saturated heterocycles. The molecule has 0 bridgehead atoms. The van der Waals surface area contributed by atoms with E-state index in [1.165, 1.54) is 31.3 Å². The van der Waals surface area contributed by atoms with E-state index in [2.05, 4.69) is 15.6 Å². The summed E-state index contributed by atoms with van der Waals surface area (Å²) < 4.78 is 25.1. The van der Waals surface area contributed by atoms with Crippen molar-refractivity contribution in [2.45, 2.75) is 32.4 Å². The molecule has 0 saturated carbocycles. The van der Waals surface area contributed by atoms with Gasteiger partial charge in [-0.25, -0.2) is 9.18 Å². The maximum absolute atomic E-state index is 14.1. The first-order valence-corrected chi connectivity index (χ1v) is 9.58. The summed E-state index contributed by atoms with van der Waals surface area (Å²) in [6, 6.07) is 6.86. The predicted molar refractivity (Wildman–Crippen MR) is 110 cm³/mol. The molecule has 8 nitrogen and oxygen atoms in total. The number of carbonyl (C=O) groups excluding carboxylic acids is 2. The quantitative estimate of drug-likeness (QED) is 0.755. The molecule has 2 aromatic rings. The number of amides is 3. The summed E-state index contributed by atoms with van der Waals surface area (Å²) in [5, 5.41) is 5.22. The smallest absolute Gasteiger partial charge is 0.323 e. The van der Waals surface area contributed by atoms with Crippen molar-refractivity contribution in [3.63, 3.8) is 0 Å². The minimum absolute atomic E-state index is 0.0629. The van der Waals surface area contributed by atoms with Crippen molar-refractivity contribution >= 4 is 23.3 Å². The number of urea groups is 1. The number of nitrogens with one attached hydrogen (secondary N) is 2. The van der Waals surface area contributed by atoms with Gasteiger partial charge in [0.1, 0.15) is 17.7 Å². The van der Waals surface area contributed by atoms with Gasteiger partial charge in [0.15, 0.2) is 0 Å². The van der Waals surface area contributed by atoms with Gasteiger partial charge in [0.25, 0.3) is 0 Å². The molecule has 2 heterocycles. The number of hydrogen-bond acceptors (Lipinski definition) is 5. The minimum atomic E-state index is -0.547. The molecule has 9 heteroatoms.